The van der Waals surface area contributed by atoms with Crippen molar-refractivity contribution in [2.24, 2.45) is 0 Å². The van der Waals surface area contributed by atoms with Gasteiger partial charge in [0.1, 0.15) is 5.69 Å². The second kappa shape index (κ2) is 5.67. The zero-order valence-corrected chi connectivity index (χ0v) is 11.2. The highest BCUT2D eigenvalue weighted by Gasteiger charge is 2.14. The Balaban J connectivity index is 1.89. The summed E-state index contributed by atoms with van der Waals surface area (Å²) in [6.07, 6.45) is 1.74. The van der Waals surface area contributed by atoms with E-state index in [1.165, 1.54) is 16.7 Å². The Bertz CT molecular complexity index is 645. The minimum atomic E-state index is 0.0542. The molecule has 0 bridgehead atoms. The van der Waals surface area contributed by atoms with Crippen LogP contribution in [-0.2, 0) is 0 Å². The number of benzene rings is 2. The van der Waals surface area contributed by atoms with E-state index in [1.807, 2.05) is 13.1 Å². The summed E-state index contributed by atoms with van der Waals surface area (Å²) >= 11 is 0. The van der Waals surface area contributed by atoms with Crippen LogP contribution in [0.2, 0.25) is 0 Å². The second-order valence-electron chi connectivity index (χ2n) is 4.60. The third-order valence-electron chi connectivity index (χ3n) is 3.37. The fourth-order valence-electron chi connectivity index (χ4n) is 2.33. The van der Waals surface area contributed by atoms with Gasteiger partial charge in [-0.1, -0.05) is 54.6 Å². The highest BCUT2D eigenvalue weighted by Crippen LogP contribution is 2.24. The number of nitrogens with zero attached hydrogens (tertiary/aromatic N) is 2. The molecule has 1 aromatic heterocycles. The summed E-state index contributed by atoms with van der Waals surface area (Å²) in [7, 11) is 1.92. The summed E-state index contributed by atoms with van der Waals surface area (Å²) < 4.78 is 0. The zero-order valence-electron chi connectivity index (χ0n) is 11.2. The molecule has 1 atom stereocenters. The first-order valence-corrected chi connectivity index (χ1v) is 6.57. The molecule has 0 fully saturated rings. The lowest BCUT2D eigenvalue weighted by Crippen LogP contribution is -2.18. The molecule has 0 radical (unpaired) electrons. The SMILES string of the molecule is CNC(c1ccc(-c2ccccc2)cc1)c1cn[nH]n1. The Morgan fingerprint density at radius 2 is 1.65 bits per heavy atom. The lowest BCUT2D eigenvalue weighted by molar-refractivity contribution is 0.667. The molecule has 4 heteroatoms. The van der Waals surface area contributed by atoms with Crippen LogP contribution in [0.1, 0.15) is 17.3 Å². The van der Waals surface area contributed by atoms with Crippen LogP contribution < -0.4 is 5.32 Å². The van der Waals surface area contributed by atoms with E-state index >= 15 is 0 Å². The van der Waals surface area contributed by atoms with Crippen LogP contribution in [0.3, 0.4) is 0 Å². The summed E-state index contributed by atoms with van der Waals surface area (Å²) in [5.41, 5.74) is 4.49. The largest absolute Gasteiger partial charge is 0.308 e. The van der Waals surface area contributed by atoms with Gasteiger partial charge in [-0.2, -0.15) is 15.4 Å². The first-order valence-electron chi connectivity index (χ1n) is 6.57. The van der Waals surface area contributed by atoms with E-state index in [-0.39, 0.29) is 6.04 Å². The van der Waals surface area contributed by atoms with Gasteiger partial charge in [-0.15, -0.1) is 0 Å². The van der Waals surface area contributed by atoms with Crippen LogP contribution in [0, 0.1) is 0 Å². The van der Waals surface area contributed by atoms with Gasteiger partial charge < -0.3 is 5.32 Å². The van der Waals surface area contributed by atoms with Crippen molar-refractivity contribution in [2.75, 3.05) is 7.05 Å². The van der Waals surface area contributed by atoms with Gasteiger partial charge in [-0.05, 0) is 23.7 Å². The maximum Gasteiger partial charge on any atom is 0.104 e. The molecule has 0 saturated carbocycles. The number of H-pyrrole nitrogens is 1. The lowest BCUT2D eigenvalue weighted by Gasteiger charge is -2.14. The van der Waals surface area contributed by atoms with E-state index in [0.29, 0.717) is 0 Å². The summed E-state index contributed by atoms with van der Waals surface area (Å²) in [4.78, 5) is 0. The van der Waals surface area contributed by atoms with E-state index in [1.54, 1.807) is 6.20 Å². The van der Waals surface area contributed by atoms with Gasteiger partial charge in [-0.25, -0.2) is 0 Å². The first-order chi connectivity index (χ1) is 9.88. The standard InChI is InChI=1S/C16H16N4/c1-17-16(15-11-18-20-19-15)14-9-7-13(8-10-14)12-5-3-2-4-6-12/h2-11,16-17H,1H3,(H,18,19,20). The lowest BCUT2D eigenvalue weighted by atomic mass is 9.99. The number of hydrogen-bond donors (Lipinski definition) is 2. The number of nitrogens with one attached hydrogen (secondary N) is 2. The topological polar surface area (TPSA) is 53.6 Å². The van der Waals surface area contributed by atoms with Crippen molar-refractivity contribution in [3.8, 4) is 11.1 Å². The van der Waals surface area contributed by atoms with Gasteiger partial charge in [0.05, 0.1) is 12.2 Å². The van der Waals surface area contributed by atoms with Gasteiger partial charge in [0.25, 0.3) is 0 Å². The molecule has 4 nitrogen and oxygen atoms in total. The predicted molar refractivity (Wildman–Crippen MR) is 79.2 cm³/mol. The quantitative estimate of drug-likeness (QED) is 0.762. The molecule has 0 amide bonds. The molecule has 0 aliphatic heterocycles. The van der Waals surface area contributed by atoms with E-state index < -0.39 is 0 Å². The maximum absolute atomic E-state index is 4.15. The maximum atomic E-state index is 4.15. The molecule has 0 spiro atoms. The molecule has 3 rings (SSSR count). The van der Waals surface area contributed by atoms with Crippen molar-refractivity contribution in [2.45, 2.75) is 6.04 Å². The molecule has 1 unspecified atom stereocenters. The average Bonchev–Trinajstić information content (AvgIpc) is 3.04. The Morgan fingerprint density at radius 3 is 2.25 bits per heavy atom. The second-order valence-corrected chi connectivity index (χ2v) is 4.60. The van der Waals surface area contributed by atoms with Gasteiger partial charge in [0.2, 0.25) is 0 Å². The molecule has 0 saturated heterocycles. The monoisotopic (exact) mass is 264 g/mol. The molecule has 0 aliphatic rings. The molecule has 1 heterocycles. The fourth-order valence-corrected chi connectivity index (χ4v) is 2.33. The normalized spacial score (nSPS) is 12.2. The van der Waals surface area contributed by atoms with Crippen molar-refractivity contribution < 1.29 is 0 Å². The predicted octanol–water partition coefficient (Wildman–Crippen LogP) is 2.78. The molecule has 2 N–H and O–H groups in total. The number of aromatic nitrogens is 3. The molecular weight excluding hydrogens is 248 g/mol. The summed E-state index contributed by atoms with van der Waals surface area (Å²) in [5.74, 6) is 0. The highest BCUT2D eigenvalue weighted by atomic mass is 15.3. The summed E-state index contributed by atoms with van der Waals surface area (Å²) in [6.45, 7) is 0. The van der Waals surface area contributed by atoms with Crippen LogP contribution in [0.15, 0.2) is 60.8 Å². The van der Waals surface area contributed by atoms with Crippen molar-refractivity contribution in [1.29, 1.82) is 0 Å². The van der Waals surface area contributed by atoms with E-state index in [4.69, 9.17) is 0 Å². The number of aromatic amines is 1. The molecule has 2 aromatic carbocycles. The van der Waals surface area contributed by atoms with Gasteiger partial charge in [0.15, 0.2) is 0 Å². The average molecular weight is 264 g/mol. The first kappa shape index (κ1) is 12.6. The molecule has 100 valence electrons. The van der Waals surface area contributed by atoms with Crippen LogP contribution in [0.25, 0.3) is 11.1 Å². The Labute approximate surface area is 117 Å². The van der Waals surface area contributed by atoms with Gasteiger partial charge in [-0.3, -0.25) is 0 Å². The third-order valence-corrected chi connectivity index (χ3v) is 3.37. The Morgan fingerprint density at radius 1 is 0.950 bits per heavy atom. The third kappa shape index (κ3) is 2.46. The zero-order chi connectivity index (χ0) is 13.8. The summed E-state index contributed by atoms with van der Waals surface area (Å²) in [5, 5.41) is 13.9. The Hall–Kier alpha value is -2.46. The molecule has 0 aliphatic carbocycles. The van der Waals surface area contributed by atoms with Crippen molar-refractivity contribution in [3.63, 3.8) is 0 Å². The van der Waals surface area contributed by atoms with Crippen LogP contribution >= 0.6 is 0 Å². The highest BCUT2D eigenvalue weighted by molar-refractivity contribution is 5.63. The number of rotatable bonds is 4. The molecular formula is C16H16N4. The van der Waals surface area contributed by atoms with Gasteiger partial charge >= 0.3 is 0 Å². The minimum absolute atomic E-state index is 0.0542. The fraction of sp³-hybridized carbons (Fsp3) is 0.125. The van der Waals surface area contributed by atoms with Gasteiger partial charge in [0, 0.05) is 0 Å². The van der Waals surface area contributed by atoms with Crippen LogP contribution in [0.4, 0.5) is 0 Å². The van der Waals surface area contributed by atoms with Crippen LogP contribution in [-0.4, -0.2) is 22.5 Å². The van der Waals surface area contributed by atoms with Crippen molar-refractivity contribution in [3.05, 3.63) is 72.1 Å². The van der Waals surface area contributed by atoms with E-state index in [0.717, 1.165) is 5.69 Å². The summed E-state index contributed by atoms with van der Waals surface area (Å²) in [6, 6.07) is 18.9. The molecule has 20 heavy (non-hydrogen) atoms. The smallest absolute Gasteiger partial charge is 0.104 e. The van der Waals surface area contributed by atoms with E-state index in [2.05, 4.69) is 69.3 Å². The van der Waals surface area contributed by atoms with Crippen molar-refractivity contribution >= 4 is 0 Å². The molecule has 3 aromatic rings. The van der Waals surface area contributed by atoms with Crippen molar-refractivity contribution in [1.82, 2.24) is 20.7 Å². The van der Waals surface area contributed by atoms with E-state index in [9.17, 15) is 0 Å². The van der Waals surface area contributed by atoms with Crippen LogP contribution in [0.5, 0.6) is 0 Å². The minimum Gasteiger partial charge on any atom is -0.308 e. The Kier molecular flexibility index (Phi) is 3.56. The number of hydrogen-bond acceptors (Lipinski definition) is 3.